The number of halogens is 3. The van der Waals surface area contributed by atoms with Crippen LogP contribution in [-0.2, 0) is 19.6 Å². The first-order valence-electron chi connectivity index (χ1n) is 10.3. The van der Waals surface area contributed by atoms with E-state index in [1.165, 1.54) is 5.56 Å². The summed E-state index contributed by atoms with van der Waals surface area (Å²) in [6.45, 7) is 5.60. The summed E-state index contributed by atoms with van der Waals surface area (Å²) in [5.41, 5.74) is 9.23. The van der Waals surface area contributed by atoms with Gasteiger partial charge in [0.1, 0.15) is 17.9 Å². The summed E-state index contributed by atoms with van der Waals surface area (Å²) in [7, 11) is 4.08. The van der Waals surface area contributed by atoms with Crippen molar-refractivity contribution in [2.24, 2.45) is 5.92 Å². The van der Waals surface area contributed by atoms with Gasteiger partial charge in [-0.15, -0.1) is 42.3 Å². The molecule has 0 bridgehead atoms. The molecular weight excluding hydrogens is 515 g/mol. The number of nitrogen functional groups attached to an aromatic ring is 1. The number of nitrogens with two attached hydrogens (primary N) is 1. The van der Waals surface area contributed by atoms with Gasteiger partial charge in [-0.3, -0.25) is 4.98 Å². The van der Waals surface area contributed by atoms with Gasteiger partial charge < -0.3 is 15.4 Å². The number of hydrogen-bond donors (Lipinski definition) is 1. The molecule has 34 heavy (non-hydrogen) atoms. The zero-order valence-electron chi connectivity index (χ0n) is 19.6. The molecule has 0 fully saturated rings. The van der Waals surface area contributed by atoms with E-state index in [9.17, 15) is 0 Å². The average Bonchev–Trinajstić information content (AvgIpc) is 3.30. The third-order valence-corrected chi connectivity index (χ3v) is 5.73. The number of anilines is 1. The third kappa shape index (κ3) is 6.96. The molecule has 0 spiro atoms. The fraction of sp³-hybridized carbons (Fsp3) is 0.348. The minimum absolute atomic E-state index is 0. The molecule has 0 aliphatic heterocycles. The second kappa shape index (κ2) is 13.1. The van der Waals surface area contributed by atoms with Crippen LogP contribution in [0, 0.1) is 5.92 Å². The zero-order chi connectivity index (χ0) is 22.0. The van der Waals surface area contributed by atoms with Crippen LogP contribution in [-0.4, -0.2) is 38.7 Å². The highest BCUT2D eigenvalue weighted by atomic mass is 35.5. The number of pyridine rings is 1. The lowest BCUT2D eigenvalue weighted by Crippen LogP contribution is -2.09. The smallest absolute Gasteiger partial charge is 0.211 e. The molecule has 3 heterocycles. The van der Waals surface area contributed by atoms with Crippen LogP contribution in [0.15, 0.2) is 42.7 Å². The van der Waals surface area contributed by atoms with Crippen LogP contribution in [0.2, 0.25) is 0 Å². The molecule has 2 N–H and O–H groups in total. The molecule has 4 aromatic rings. The lowest BCUT2D eigenvalue weighted by atomic mass is 10.0. The van der Waals surface area contributed by atoms with Gasteiger partial charge in [-0.25, -0.2) is 4.98 Å². The molecule has 11 heteroatoms. The van der Waals surface area contributed by atoms with Gasteiger partial charge in [0.2, 0.25) is 5.13 Å². The second-order valence-electron chi connectivity index (χ2n) is 8.34. The van der Waals surface area contributed by atoms with Crippen LogP contribution < -0.4 is 10.5 Å². The van der Waals surface area contributed by atoms with Crippen molar-refractivity contribution in [1.29, 1.82) is 0 Å². The number of fused-ring (bicyclic) bond motifs is 1. The van der Waals surface area contributed by atoms with Gasteiger partial charge in [-0.05, 0) is 56.3 Å². The topological polar surface area (TPSA) is 82.1 Å². The van der Waals surface area contributed by atoms with Crippen LogP contribution in [0.4, 0.5) is 5.82 Å². The molecule has 0 radical (unpaired) electrons. The van der Waals surface area contributed by atoms with Crippen molar-refractivity contribution in [2.75, 3.05) is 19.8 Å². The molecule has 7 nitrogen and oxygen atoms in total. The average molecular weight is 546 g/mol. The molecule has 4 rings (SSSR count). The Morgan fingerprint density at radius 1 is 1.12 bits per heavy atom. The van der Waals surface area contributed by atoms with Crippen molar-refractivity contribution in [3.63, 3.8) is 0 Å². The summed E-state index contributed by atoms with van der Waals surface area (Å²) < 4.78 is 8.07. The number of nitrogens with zero attached hydrogens (tertiary/aromatic N) is 5. The summed E-state index contributed by atoms with van der Waals surface area (Å²) in [4.78, 5) is 12.3. The Morgan fingerprint density at radius 2 is 1.88 bits per heavy atom. The molecule has 186 valence electrons. The number of hydrogen-bond acceptors (Lipinski definition) is 7. The predicted molar refractivity (Wildman–Crippen MR) is 147 cm³/mol. The van der Waals surface area contributed by atoms with E-state index in [4.69, 9.17) is 10.5 Å². The number of ether oxygens (including phenoxy) is 1. The molecular formula is C23H31Cl3N6OS. The highest BCUT2D eigenvalue weighted by Gasteiger charge is 2.19. The Bertz CT molecular complexity index is 1180. The number of benzene rings is 1. The SMILES string of the molecule is CC(C)Cc1cc(OCc2ccccn2)c2c(c1)c(N)nn2-c1ncc(CN(C)C)s1.Cl.Cl.Cl. The molecule has 0 amide bonds. The van der Waals surface area contributed by atoms with Crippen molar-refractivity contribution in [1.82, 2.24) is 24.6 Å². The minimum atomic E-state index is 0. The minimum Gasteiger partial charge on any atom is -0.485 e. The highest BCUT2D eigenvalue weighted by molar-refractivity contribution is 7.14. The van der Waals surface area contributed by atoms with E-state index in [-0.39, 0.29) is 37.2 Å². The van der Waals surface area contributed by atoms with Crippen molar-refractivity contribution in [3.05, 3.63) is 58.9 Å². The first-order valence-corrected chi connectivity index (χ1v) is 11.2. The van der Waals surface area contributed by atoms with Crippen LogP contribution in [0.25, 0.3) is 16.0 Å². The summed E-state index contributed by atoms with van der Waals surface area (Å²) in [5, 5.41) is 6.28. The zero-order valence-corrected chi connectivity index (χ0v) is 22.9. The van der Waals surface area contributed by atoms with E-state index in [1.54, 1.807) is 22.2 Å². The summed E-state index contributed by atoms with van der Waals surface area (Å²) in [6, 6.07) is 10.0. The van der Waals surface area contributed by atoms with E-state index in [0.29, 0.717) is 18.3 Å². The van der Waals surface area contributed by atoms with E-state index in [1.807, 2.05) is 38.5 Å². The first kappa shape index (κ1) is 29.9. The summed E-state index contributed by atoms with van der Waals surface area (Å²) >= 11 is 1.60. The standard InChI is InChI=1S/C23H28N6OS.3ClH/c1-15(2)9-16-10-19-21(20(11-16)30-14-17-7-5-6-8-25-17)29(27-22(19)24)23-26-12-18(31-23)13-28(3)4;;;/h5-8,10-12,15H,9,13-14H2,1-4H3,(H2,24,27);3*1H. The van der Waals surface area contributed by atoms with E-state index in [0.717, 1.165) is 45.3 Å². The number of aromatic nitrogens is 4. The lowest BCUT2D eigenvalue weighted by molar-refractivity contribution is 0.303. The number of rotatable bonds is 8. The van der Waals surface area contributed by atoms with Gasteiger partial charge in [-0.2, -0.15) is 4.68 Å². The highest BCUT2D eigenvalue weighted by Crippen LogP contribution is 2.35. The summed E-state index contributed by atoms with van der Waals surface area (Å²) in [5.74, 6) is 1.74. The Hall–Kier alpha value is -2.10. The molecule has 0 saturated carbocycles. The fourth-order valence-electron chi connectivity index (χ4n) is 3.54. The summed E-state index contributed by atoms with van der Waals surface area (Å²) in [6.07, 6.45) is 4.60. The van der Waals surface area contributed by atoms with Gasteiger partial charge in [0, 0.05) is 29.2 Å². The molecule has 0 atom stereocenters. The fourth-order valence-corrected chi connectivity index (χ4v) is 4.53. The van der Waals surface area contributed by atoms with Crippen LogP contribution in [0.5, 0.6) is 5.75 Å². The van der Waals surface area contributed by atoms with E-state index >= 15 is 0 Å². The lowest BCUT2D eigenvalue weighted by Gasteiger charge is -2.12. The molecule has 0 saturated heterocycles. The van der Waals surface area contributed by atoms with Gasteiger partial charge >= 0.3 is 0 Å². The normalized spacial score (nSPS) is 10.6. The van der Waals surface area contributed by atoms with Gasteiger partial charge in [-0.1, -0.05) is 31.3 Å². The quantitative estimate of drug-likeness (QED) is 0.312. The monoisotopic (exact) mass is 544 g/mol. The van der Waals surface area contributed by atoms with Gasteiger partial charge in [0.05, 0.1) is 5.69 Å². The van der Waals surface area contributed by atoms with Crippen molar-refractivity contribution in [2.45, 2.75) is 33.4 Å². The van der Waals surface area contributed by atoms with E-state index in [2.05, 4.69) is 45.9 Å². The Morgan fingerprint density at radius 3 is 2.53 bits per heavy atom. The third-order valence-electron chi connectivity index (χ3n) is 4.77. The largest absolute Gasteiger partial charge is 0.485 e. The Balaban J connectivity index is 0.00000193. The predicted octanol–water partition coefficient (Wildman–Crippen LogP) is 5.56. The van der Waals surface area contributed by atoms with E-state index < -0.39 is 0 Å². The number of thiazole rings is 1. The maximum Gasteiger partial charge on any atom is 0.211 e. The van der Waals surface area contributed by atoms with Crippen molar-refractivity contribution >= 4 is 65.3 Å². The molecule has 0 aliphatic carbocycles. The molecule has 1 aromatic carbocycles. The van der Waals surface area contributed by atoms with Crippen LogP contribution >= 0.6 is 48.6 Å². The first-order chi connectivity index (χ1) is 14.9. The maximum absolute atomic E-state index is 6.35. The van der Waals surface area contributed by atoms with Crippen molar-refractivity contribution in [3.8, 4) is 10.9 Å². The molecule has 0 aliphatic rings. The molecule has 3 aromatic heterocycles. The van der Waals surface area contributed by atoms with Gasteiger partial charge in [0.25, 0.3) is 0 Å². The Kier molecular flexibility index (Phi) is 11.5. The van der Waals surface area contributed by atoms with Crippen LogP contribution in [0.1, 0.15) is 30.0 Å². The Labute approximate surface area is 223 Å². The van der Waals surface area contributed by atoms with Crippen LogP contribution in [0.3, 0.4) is 0 Å². The molecule has 0 unspecified atom stereocenters. The second-order valence-corrected chi connectivity index (χ2v) is 9.44. The van der Waals surface area contributed by atoms with Gasteiger partial charge in [0.15, 0.2) is 5.82 Å². The maximum atomic E-state index is 6.35. The van der Waals surface area contributed by atoms with Crippen molar-refractivity contribution < 1.29 is 4.74 Å².